The number of nitro groups is 1. The maximum Gasteiger partial charge on any atom is 0.286 e. The van der Waals surface area contributed by atoms with E-state index in [0.29, 0.717) is 13.1 Å². The molecule has 0 spiro atoms. The molecule has 0 radical (unpaired) electrons. The zero-order valence-corrected chi connectivity index (χ0v) is 14.4. The van der Waals surface area contributed by atoms with Crippen molar-refractivity contribution in [3.8, 4) is 11.5 Å². The van der Waals surface area contributed by atoms with Crippen LogP contribution in [0.4, 0.5) is 5.69 Å². The number of hydrogen-bond acceptors (Lipinski definition) is 5. The van der Waals surface area contributed by atoms with Crippen LogP contribution in [0.2, 0.25) is 0 Å². The molecule has 25 heavy (non-hydrogen) atoms. The molecular formula is C18H20N2O5. The van der Waals surface area contributed by atoms with Crippen LogP contribution in [0.15, 0.2) is 42.5 Å². The molecule has 0 aliphatic rings. The second kappa shape index (κ2) is 8.14. The van der Waals surface area contributed by atoms with Gasteiger partial charge in [-0.2, -0.15) is 0 Å². The van der Waals surface area contributed by atoms with Crippen molar-refractivity contribution >= 4 is 11.6 Å². The summed E-state index contributed by atoms with van der Waals surface area (Å²) in [7, 11) is 2.80. The van der Waals surface area contributed by atoms with E-state index in [2.05, 4.69) is 0 Å². The van der Waals surface area contributed by atoms with Crippen molar-refractivity contribution in [3.05, 3.63) is 63.7 Å². The molecule has 7 heteroatoms. The fourth-order valence-corrected chi connectivity index (χ4v) is 2.49. The zero-order chi connectivity index (χ0) is 18.4. The Morgan fingerprint density at radius 1 is 1.12 bits per heavy atom. The van der Waals surface area contributed by atoms with E-state index >= 15 is 0 Å². The number of ether oxygens (including phenoxy) is 2. The Bertz CT molecular complexity index is 762. The topological polar surface area (TPSA) is 81.9 Å². The molecule has 0 fully saturated rings. The van der Waals surface area contributed by atoms with Crippen LogP contribution in [0, 0.1) is 10.1 Å². The van der Waals surface area contributed by atoms with Gasteiger partial charge in [-0.15, -0.1) is 0 Å². The largest absolute Gasteiger partial charge is 0.493 e. The summed E-state index contributed by atoms with van der Waals surface area (Å²) in [6.45, 7) is 2.61. The van der Waals surface area contributed by atoms with Gasteiger partial charge in [-0.3, -0.25) is 14.9 Å². The van der Waals surface area contributed by atoms with E-state index in [1.54, 1.807) is 4.90 Å². The summed E-state index contributed by atoms with van der Waals surface area (Å²) >= 11 is 0. The van der Waals surface area contributed by atoms with E-state index in [0.717, 1.165) is 5.56 Å². The summed E-state index contributed by atoms with van der Waals surface area (Å²) in [6, 6.07) is 12.0. The summed E-state index contributed by atoms with van der Waals surface area (Å²) in [5.41, 5.74) is 0.607. The van der Waals surface area contributed by atoms with Crippen molar-refractivity contribution in [2.45, 2.75) is 13.5 Å². The minimum atomic E-state index is -0.592. The number of rotatable bonds is 7. The lowest BCUT2D eigenvalue weighted by Gasteiger charge is -2.21. The average Bonchev–Trinajstić information content (AvgIpc) is 2.65. The summed E-state index contributed by atoms with van der Waals surface area (Å²) in [5.74, 6) is 0.0445. The fraction of sp³-hybridized carbons (Fsp3) is 0.278. The van der Waals surface area contributed by atoms with Gasteiger partial charge >= 0.3 is 0 Å². The van der Waals surface area contributed by atoms with Crippen molar-refractivity contribution in [2.75, 3.05) is 20.8 Å². The highest BCUT2D eigenvalue weighted by Gasteiger charge is 2.27. The fourth-order valence-electron chi connectivity index (χ4n) is 2.49. The number of carbonyl (C=O) groups is 1. The third-order valence-corrected chi connectivity index (χ3v) is 3.81. The van der Waals surface area contributed by atoms with E-state index in [1.807, 2.05) is 37.3 Å². The van der Waals surface area contributed by atoms with Gasteiger partial charge in [-0.1, -0.05) is 30.3 Å². The van der Waals surface area contributed by atoms with Crippen LogP contribution >= 0.6 is 0 Å². The van der Waals surface area contributed by atoms with Gasteiger partial charge in [0.1, 0.15) is 5.56 Å². The highest BCUT2D eigenvalue weighted by molar-refractivity contribution is 5.99. The van der Waals surface area contributed by atoms with E-state index in [1.165, 1.54) is 26.4 Å². The van der Waals surface area contributed by atoms with Gasteiger partial charge in [-0.25, -0.2) is 0 Å². The minimum Gasteiger partial charge on any atom is -0.493 e. The first-order valence-corrected chi connectivity index (χ1v) is 7.75. The molecule has 0 aliphatic heterocycles. The molecule has 0 aliphatic carbocycles. The normalized spacial score (nSPS) is 10.2. The first kappa shape index (κ1) is 18.3. The number of nitrogens with zero attached hydrogens (tertiary/aromatic N) is 2. The standard InChI is InChI=1S/C18H20N2O5/c1-4-19(12-13-8-6-5-7-9-13)18(21)14-10-16(24-2)17(25-3)11-15(14)20(22)23/h5-11H,4,12H2,1-3H3. The van der Waals surface area contributed by atoms with E-state index < -0.39 is 10.8 Å². The van der Waals surface area contributed by atoms with Crippen molar-refractivity contribution in [3.63, 3.8) is 0 Å². The molecule has 0 bridgehead atoms. The molecule has 1 amide bonds. The number of amides is 1. The summed E-state index contributed by atoms with van der Waals surface area (Å²) in [4.78, 5) is 25.3. The molecule has 7 nitrogen and oxygen atoms in total. The second-order valence-corrected chi connectivity index (χ2v) is 5.29. The number of hydrogen-bond donors (Lipinski definition) is 0. The van der Waals surface area contributed by atoms with Gasteiger partial charge in [0.25, 0.3) is 11.6 Å². The van der Waals surface area contributed by atoms with Crippen LogP contribution < -0.4 is 9.47 Å². The molecule has 2 rings (SSSR count). The van der Waals surface area contributed by atoms with Gasteiger partial charge in [0.05, 0.1) is 25.2 Å². The van der Waals surface area contributed by atoms with Gasteiger partial charge in [0, 0.05) is 19.2 Å². The van der Waals surface area contributed by atoms with Gasteiger partial charge < -0.3 is 14.4 Å². The molecule has 0 N–H and O–H groups in total. The monoisotopic (exact) mass is 344 g/mol. The van der Waals surface area contributed by atoms with Crippen LogP contribution in [0.25, 0.3) is 0 Å². The Hall–Kier alpha value is -3.09. The maximum absolute atomic E-state index is 12.9. The quantitative estimate of drug-likeness (QED) is 0.569. The Balaban J connectivity index is 2.43. The van der Waals surface area contributed by atoms with Crippen LogP contribution in [-0.2, 0) is 6.54 Å². The maximum atomic E-state index is 12.9. The van der Waals surface area contributed by atoms with Crippen molar-refractivity contribution in [1.29, 1.82) is 0 Å². The second-order valence-electron chi connectivity index (χ2n) is 5.29. The summed E-state index contributed by atoms with van der Waals surface area (Å²) in [6.07, 6.45) is 0. The van der Waals surface area contributed by atoms with Crippen LogP contribution in [-0.4, -0.2) is 36.5 Å². The van der Waals surface area contributed by atoms with Gasteiger partial charge in [0.15, 0.2) is 11.5 Å². The lowest BCUT2D eigenvalue weighted by Crippen LogP contribution is -2.30. The van der Waals surface area contributed by atoms with E-state index in [-0.39, 0.29) is 22.7 Å². The first-order chi connectivity index (χ1) is 12.0. The SMILES string of the molecule is CCN(Cc1ccccc1)C(=O)c1cc(OC)c(OC)cc1[N+](=O)[O-]. The molecule has 0 heterocycles. The predicted octanol–water partition coefficient (Wildman–Crippen LogP) is 3.27. The molecule has 0 aromatic heterocycles. The number of methoxy groups -OCH3 is 2. The average molecular weight is 344 g/mol. The highest BCUT2D eigenvalue weighted by atomic mass is 16.6. The van der Waals surface area contributed by atoms with Crippen molar-refractivity contribution in [2.24, 2.45) is 0 Å². The molecule has 2 aromatic carbocycles. The first-order valence-electron chi connectivity index (χ1n) is 7.75. The lowest BCUT2D eigenvalue weighted by atomic mass is 10.1. The third-order valence-electron chi connectivity index (χ3n) is 3.81. The zero-order valence-electron chi connectivity index (χ0n) is 14.4. The van der Waals surface area contributed by atoms with E-state index in [9.17, 15) is 14.9 Å². The molecule has 0 saturated heterocycles. The number of carbonyl (C=O) groups excluding carboxylic acids is 1. The van der Waals surface area contributed by atoms with Crippen LogP contribution in [0.5, 0.6) is 11.5 Å². The predicted molar refractivity (Wildman–Crippen MR) is 93.1 cm³/mol. The van der Waals surface area contributed by atoms with Crippen LogP contribution in [0.3, 0.4) is 0 Å². The minimum absolute atomic E-state index is 0.0274. The lowest BCUT2D eigenvalue weighted by molar-refractivity contribution is -0.385. The molecule has 0 unspecified atom stereocenters. The molecular weight excluding hydrogens is 324 g/mol. The number of nitro benzene ring substituents is 1. The molecule has 0 saturated carbocycles. The Morgan fingerprint density at radius 2 is 1.72 bits per heavy atom. The van der Waals surface area contributed by atoms with E-state index in [4.69, 9.17) is 9.47 Å². The van der Waals surface area contributed by atoms with Crippen molar-refractivity contribution < 1.29 is 19.2 Å². The molecule has 2 aromatic rings. The smallest absolute Gasteiger partial charge is 0.286 e. The van der Waals surface area contributed by atoms with Gasteiger partial charge in [0.2, 0.25) is 0 Å². The summed E-state index contributed by atoms with van der Waals surface area (Å²) < 4.78 is 10.3. The van der Waals surface area contributed by atoms with Crippen LogP contribution in [0.1, 0.15) is 22.8 Å². The Labute approximate surface area is 145 Å². The third kappa shape index (κ3) is 4.06. The molecule has 0 atom stereocenters. The Kier molecular flexibility index (Phi) is 5.94. The van der Waals surface area contributed by atoms with Gasteiger partial charge in [-0.05, 0) is 12.5 Å². The molecule has 132 valence electrons. The Morgan fingerprint density at radius 3 is 2.24 bits per heavy atom. The highest BCUT2D eigenvalue weighted by Crippen LogP contribution is 2.35. The summed E-state index contributed by atoms with van der Waals surface area (Å²) in [5, 5.41) is 11.4. The number of benzene rings is 2. The van der Waals surface area contributed by atoms with Crippen molar-refractivity contribution in [1.82, 2.24) is 4.90 Å².